The SMILES string of the molecule is COc1ccc(CN2CCCN(c3ccnc4c(F)ccc(F)c34)CC2)cc1. The molecule has 0 saturated carbocycles. The summed E-state index contributed by atoms with van der Waals surface area (Å²) < 4.78 is 33.8. The fourth-order valence-corrected chi connectivity index (χ4v) is 3.80. The molecule has 0 spiro atoms. The lowest BCUT2D eigenvalue weighted by atomic mass is 10.1. The molecule has 0 atom stereocenters. The highest BCUT2D eigenvalue weighted by Crippen LogP contribution is 2.30. The molecule has 4 nitrogen and oxygen atoms in total. The van der Waals surface area contributed by atoms with E-state index in [0.29, 0.717) is 5.69 Å². The van der Waals surface area contributed by atoms with Gasteiger partial charge in [0, 0.05) is 38.9 Å². The quantitative estimate of drug-likeness (QED) is 0.674. The van der Waals surface area contributed by atoms with E-state index >= 15 is 0 Å². The minimum Gasteiger partial charge on any atom is -0.497 e. The Labute approximate surface area is 163 Å². The van der Waals surface area contributed by atoms with Gasteiger partial charge in [-0.1, -0.05) is 12.1 Å². The predicted molar refractivity (Wildman–Crippen MR) is 107 cm³/mol. The standard InChI is InChI=1S/C22H23F2N3O/c1-28-17-5-3-16(4-6-17)15-26-11-2-12-27(14-13-26)20-9-10-25-22-19(24)8-7-18(23)21(20)22/h3-10H,2,11-15H2,1H3. The van der Waals surface area contributed by atoms with E-state index in [1.165, 1.54) is 11.6 Å². The molecule has 4 rings (SSSR count). The molecule has 1 aliphatic rings. The molecule has 146 valence electrons. The summed E-state index contributed by atoms with van der Waals surface area (Å²) in [5.41, 5.74) is 2.04. The number of ether oxygens (including phenoxy) is 1. The Hall–Kier alpha value is -2.73. The summed E-state index contributed by atoms with van der Waals surface area (Å²) in [6.45, 7) is 4.23. The van der Waals surface area contributed by atoms with Crippen molar-refractivity contribution in [2.75, 3.05) is 38.2 Å². The molecule has 1 aromatic heterocycles. The van der Waals surface area contributed by atoms with Crippen molar-refractivity contribution >= 4 is 16.6 Å². The number of hydrogen-bond acceptors (Lipinski definition) is 4. The molecular weight excluding hydrogens is 360 g/mol. The first-order valence-corrected chi connectivity index (χ1v) is 9.48. The van der Waals surface area contributed by atoms with E-state index in [2.05, 4.69) is 26.9 Å². The summed E-state index contributed by atoms with van der Waals surface area (Å²) >= 11 is 0. The lowest BCUT2D eigenvalue weighted by Gasteiger charge is -2.25. The largest absolute Gasteiger partial charge is 0.497 e. The molecule has 0 amide bonds. The number of anilines is 1. The van der Waals surface area contributed by atoms with Crippen LogP contribution in [0.2, 0.25) is 0 Å². The molecule has 2 aromatic carbocycles. The maximum atomic E-state index is 14.5. The van der Waals surface area contributed by atoms with Crippen LogP contribution in [-0.2, 0) is 6.54 Å². The van der Waals surface area contributed by atoms with Crippen molar-refractivity contribution in [3.63, 3.8) is 0 Å². The van der Waals surface area contributed by atoms with Crippen LogP contribution in [0.5, 0.6) is 5.75 Å². The predicted octanol–water partition coefficient (Wildman–Crippen LogP) is 4.23. The van der Waals surface area contributed by atoms with Crippen molar-refractivity contribution in [3.05, 3.63) is 65.9 Å². The van der Waals surface area contributed by atoms with E-state index in [9.17, 15) is 8.78 Å². The Morgan fingerprint density at radius 1 is 0.929 bits per heavy atom. The van der Waals surface area contributed by atoms with Gasteiger partial charge in [0.1, 0.15) is 22.9 Å². The maximum Gasteiger partial charge on any atom is 0.149 e. The zero-order valence-electron chi connectivity index (χ0n) is 15.9. The van der Waals surface area contributed by atoms with Crippen LogP contribution < -0.4 is 9.64 Å². The van der Waals surface area contributed by atoms with E-state index in [4.69, 9.17) is 4.74 Å². The van der Waals surface area contributed by atoms with E-state index in [1.807, 2.05) is 12.1 Å². The van der Waals surface area contributed by atoms with Gasteiger partial charge in [-0.15, -0.1) is 0 Å². The van der Waals surface area contributed by atoms with Crippen molar-refractivity contribution in [1.29, 1.82) is 0 Å². The molecular formula is C22H23F2N3O. The van der Waals surface area contributed by atoms with Gasteiger partial charge in [0.05, 0.1) is 18.2 Å². The van der Waals surface area contributed by atoms with Crippen LogP contribution in [0.15, 0.2) is 48.7 Å². The van der Waals surface area contributed by atoms with Gasteiger partial charge in [0.2, 0.25) is 0 Å². The van der Waals surface area contributed by atoms with Gasteiger partial charge in [0.25, 0.3) is 0 Å². The monoisotopic (exact) mass is 383 g/mol. The molecule has 2 heterocycles. The van der Waals surface area contributed by atoms with Gasteiger partial charge in [-0.2, -0.15) is 0 Å². The minimum atomic E-state index is -0.491. The molecule has 0 N–H and O–H groups in total. The number of hydrogen-bond donors (Lipinski definition) is 0. The Balaban J connectivity index is 1.51. The third kappa shape index (κ3) is 3.78. The van der Waals surface area contributed by atoms with Gasteiger partial charge in [-0.25, -0.2) is 8.78 Å². The third-order valence-corrected chi connectivity index (χ3v) is 5.26. The molecule has 0 aliphatic carbocycles. The number of halogens is 2. The average molecular weight is 383 g/mol. The molecule has 0 radical (unpaired) electrons. The second-order valence-electron chi connectivity index (χ2n) is 7.05. The topological polar surface area (TPSA) is 28.6 Å². The van der Waals surface area contributed by atoms with Crippen LogP contribution in [-0.4, -0.2) is 43.2 Å². The Bertz CT molecular complexity index is 962. The van der Waals surface area contributed by atoms with Crippen molar-refractivity contribution in [2.24, 2.45) is 0 Å². The molecule has 0 unspecified atom stereocenters. The Morgan fingerprint density at radius 2 is 1.71 bits per heavy atom. The van der Waals surface area contributed by atoms with E-state index in [0.717, 1.165) is 51.0 Å². The average Bonchev–Trinajstić information content (AvgIpc) is 2.96. The fraction of sp³-hybridized carbons (Fsp3) is 0.318. The Morgan fingerprint density at radius 3 is 2.50 bits per heavy atom. The first kappa shape index (κ1) is 18.6. The normalized spacial score (nSPS) is 15.6. The summed E-state index contributed by atoms with van der Waals surface area (Å²) in [5, 5.41) is 0.270. The zero-order valence-corrected chi connectivity index (χ0v) is 15.9. The number of rotatable bonds is 4. The van der Waals surface area contributed by atoms with Crippen molar-refractivity contribution in [1.82, 2.24) is 9.88 Å². The van der Waals surface area contributed by atoms with Gasteiger partial charge in [0.15, 0.2) is 0 Å². The van der Waals surface area contributed by atoms with Crippen LogP contribution in [0, 0.1) is 11.6 Å². The van der Waals surface area contributed by atoms with E-state index in [1.54, 1.807) is 19.4 Å². The molecule has 3 aromatic rings. The fourth-order valence-electron chi connectivity index (χ4n) is 3.80. The summed E-state index contributed by atoms with van der Waals surface area (Å²) in [6.07, 6.45) is 2.51. The van der Waals surface area contributed by atoms with Crippen molar-refractivity contribution in [2.45, 2.75) is 13.0 Å². The van der Waals surface area contributed by atoms with Crippen LogP contribution in [0.3, 0.4) is 0 Å². The van der Waals surface area contributed by atoms with Crippen LogP contribution in [0.25, 0.3) is 10.9 Å². The van der Waals surface area contributed by atoms with Gasteiger partial charge in [-0.3, -0.25) is 9.88 Å². The van der Waals surface area contributed by atoms with E-state index in [-0.39, 0.29) is 10.9 Å². The van der Waals surface area contributed by atoms with Crippen LogP contribution >= 0.6 is 0 Å². The third-order valence-electron chi connectivity index (χ3n) is 5.26. The van der Waals surface area contributed by atoms with E-state index < -0.39 is 11.6 Å². The number of benzene rings is 2. The highest BCUT2D eigenvalue weighted by atomic mass is 19.1. The first-order chi connectivity index (χ1) is 13.7. The van der Waals surface area contributed by atoms with Gasteiger partial charge in [-0.05, 0) is 42.3 Å². The lowest BCUT2D eigenvalue weighted by Crippen LogP contribution is -2.30. The number of methoxy groups -OCH3 is 1. The van der Waals surface area contributed by atoms with Gasteiger partial charge >= 0.3 is 0 Å². The minimum absolute atomic E-state index is 0.0943. The smallest absolute Gasteiger partial charge is 0.149 e. The molecule has 0 bridgehead atoms. The van der Waals surface area contributed by atoms with Crippen LogP contribution in [0.1, 0.15) is 12.0 Å². The lowest BCUT2D eigenvalue weighted by molar-refractivity contribution is 0.285. The summed E-state index contributed by atoms with van der Waals surface area (Å²) in [4.78, 5) is 8.57. The zero-order chi connectivity index (χ0) is 19.5. The van der Waals surface area contributed by atoms with Crippen molar-refractivity contribution in [3.8, 4) is 5.75 Å². The number of nitrogens with zero attached hydrogens (tertiary/aromatic N) is 3. The Kier molecular flexibility index (Phi) is 5.39. The number of fused-ring (bicyclic) bond motifs is 1. The highest BCUT2D eigenvalue weighted by Gasteiger charge is 2.20. The summed E-state index contributed by atoms with van der Waals surface area (Å²) in [5.74, 6) is -0.0716. The number of aromatic nitrogens is 1. The molecule has 1 aliphatic heterocycles. The maximum absolute atomic E-state index is 14.5. The summed E-state index contributed by atoms with van der Waals surface area (Å²) in [6, 6.07) is 12.2. The van der Waals surface area contributed by atoms with Crippen LogP contribution in [0.4, 0.5) is 14.5 Å². The number of pyridine rings is 1. The molecule has 1 saturated heterocycles. The second-order valence-corrected chi connectivity index (χ2v) is 7.05. The molecule has 1 fully saturated rings. The van der Waals surface area contributed by atoms with Gasteiger partial charge < -0.3 is 9.64 Å². The first-order valence-electron chi connectivity index (χ1n) is 9.48. The molecule has 6 heteroatoms. The second kappa shape index (κ2) is 8.10. The highest BCUT2D eigenvalue weighted by molar-refractivity contribution is 5.92. The summed E-state index contributed by atoms with van der Waals surface area (Å²) in [7, 11) is 1.66. The molecule has 28 heavy (non-hydrogen) atoms. The van der Waals surface area contributed by atoms with Crippen molar-refractivity contribution < 1.29 is 13.5 Å².